The van der Waals surface area contributed by atoms with Gasteiger partial charge >= 0.3 is 0 Å². The van der Waals surface area contributed by atoms with Crippen LogP contribution in [0.1, 0.15) is 43.0 Å². The molecule has 1 aromatic carbocycles. The van der Waals surface area contributed by atoms with Crippen LogP contribution in [0, 0.1) is 0 Å². The van der Waals surface area contributed by atoms with Gasteiger partial charge in [-0.3, -0.25) is 25.2 Å². The van der Waals surface area contributed by atoms with Gasteiger partial charge in [0.1, 0.15) is 0 Å². The summed E-state index contributed by atoms with van der Waals surface area (Å²) < 4.78 is 0. The van der Waals surface area contributed by atoms with Crippen molar-refractivity contribution >= 4 is 29.4 Å². The number of nitrogens with one attached hydrogen (secondary N) is 3. The molecule has 0 saturated carbocycles. The quantitative estimate of drug-likeness (QED) is 0.595. The number of carbonyl (C=O) groups is 4. The molecule has 3 N–H and O–H groups in total. The lowest BCUT2D eigenvalue weighted by molar-refractivity contribution is -0.305. The second-order valence-corrected chi connectivity index (χ2v) is 4.75. The number of rotatable bonds is 7. The molecule has 0 aliphatic carbocycles. The molecule has 0 aliphatic rings. The van der Waals surface area contributed by atoms with E-state index in [0.29, 0.717) is 12.1 Å². The van der Waals surface area contributed by atoms with E-state index in [2.05, 4.69) is 16.2 Å². The van der Waals surface area contributed by atoms with Gasteiger partial charge in [-0.25, -0.2) is 0 Å². The normalized spacial score (nSPS) is 9.78. The molecule has 0 fully saturated rings. The standard InChI is InChI=1S/C15H19N3O5/c1-2-3-12(19)16-11-6-4-10(5-7-11)15(23)18-17-13(20)8-9-14(21)22/h4-7H,2-3,8-9H2,1H3,(H,16,19)(H,17,20)(H,18,23)(H,21,22)/p-1. The lowest BCUT2D eigenvalue weighted by atomic mass is 10.2. The van der Waals surface area contributed by atoms with Crippen molar-refractivity contribution in [1.82, 2.24) is 10.9 Å². The van der Waals surface area contributed by atoms with E-state index in [0.717, 1.165) is 6.42 Å². The lowest BCUT2D eigenvalue weighted by Crippen LogP contribution is -2.42. The minimum absolute atomic E-state index is 0.107. The van der Waals surface area contributed by atoms with Crippen molar-refractivity contribution in [3.8, 4) is 0 Å². The predicted molar refractivity (Wildman–Crippen MR) is 79.8 cm³/mol. The van der Waals surface area contributed by atoms with Gasteiger partial charge in [-0.05, 0) is 37.1 Å². The molecule has 8 heteroatoms. The number of hydrogen-bond acceptors (Lipinski definition) is 5. The molecule has 0 atom stereocenters. The minimum atomic E-state index is -1.34. The number of hydrogen-bond donors (Lipinski definition) is 3. The third-order valence-corrected chi connectivity index (χ3v) is 2.78. The first-order chi connectivity index (χ1) is 10.9. The SMILES string of the molecule is CCCC(=O)Nc1ccc(C(=O)NNC(=O)CCC(=O)[O-])cc1. The largest absolute Gasteiger partial charge is 0.550 e. The van der Waals surface area contributed by atoms with Crippen molar-refractivity contribution in [3.05, 3.63) is 29.8 Å². The molecule has 23 heavy (non-hydrogen) atoms. The molecule has 0 aliphatic heterocycles. The van der Waals surface area contributed by atoms with Gasteiger partial charge in [0.05, 0.1) is 0 Å². The van der Waals surface area contributed by atoms with E-state index >= 15 is 0 Å². The fourth-order valence-electron chi connectivity index (χ4n) is 1.63. The number of benzene rings is 1. The van der Waals surface area contributed by atoms with Gasteiger partial charge in [0.2, 0.25) is 11.8 Å². The topological polar surface area (TPSA) is 127 Å². The van der Waals surface area contributed by atoms with Crippen LogP contribution in [0.4, 0.5) is 5.69 Å². The van der Waals surface area contributed by atoms with E-state index < -0.39 is 24.2 Å². The molecule has 3 amide bonds. The van der Waals surface area contributed by atoms with Crippen LogP contribution in [0.2, 0.25) is 0 Å². The Bertz CT molecular complexity index is 583. The highest BCUT2D eigenvalue weighted by atomic mass is 16.4. The summed E-state index contributed by atoms with van der Waals surface area (Å²) in [7, 11) is 0. The molecular formula is C15H18N3O5-. The Hall–Kier alpha value is -2.90. The summed E-state index contributed by atoms with van der Waals surface area (Å²) in [5.41, 5.74) is 5.11. The van der Waals surface area contributed by atoms with E-state index in [-0.39, 0.29) is 17.9 Å². The van der Waals surface area contributed by atoms with Crippen molar-refractivity contribution in [2.24, 2.45) is 0 Å². The fraction of sp³-hybridized carbons (Fsp3) is 0.333. The van der Waals surface area contributed by atoms with Gasteiger partial charge in [-0.15, -0.1) is 0 Å². The number of carboxylic acid groups (broad SMARTS) is 1. The zero-order valence-corrected chi connectivity index (χ0v) is 12.7. The zero-order chi connectivity index (χ0) is 17.2. The van der Waals surface area contributed by atoms with Crippen LogP contribution in [0.5, 0.6) is 0 Å². The Kier molecular flexibility index (Phi) is 7.25. The fourth-order valence-corrected chi connectivity index (χ4v) is 1.63. The molecule has 0 bridgehead atoms. The van der Waals surface area contributed by atoms with Gasteiger partial charge in [0.15, 0.2) is 0 Å². The Morgan fingerprint density at radius 3 is 2.13 bits per heavy atom. The van der Waals surface area contributed by atoms with Crippen molar-refractivity contribution in [3.63, 3.8) is 0 Å². The third-order valence-electron chi connectivity index (χ3n) is 2.78. The van der Waals surface area contributed by atoms with Gasteiger partial charge in [0.25, 0.3) is 5.91 Å². The molecule has 124 valence electrons. The monoisotopic (exact) mass is 320 g/mol. The van der Waals surface area contributed by atoms with Gasteiger partial charge in [-0.2, -0.15) is 0 Å². The number of carbonyl (C=O) groups excluding carboxylic acids is 4. The number of anilines is 1. The van der Waals surface area contributed by atoms with Crippen LogP contribution in [-0.4, -0.2) is 23.7 Å². The van der Waals surface area contributed by atoms with Crippen LogP contribution in [-0.2, 0) is 14.4 Å². The van der Waals surface area contributed by atoms with Crippen LogP contribution >= 0.6 is 0 Å². The highest BCUT2D eigenvalue weighted by Gasteiger charge is 2.08. The van der Waals surface area contributed by atoms with Crippen LogP contribution in [0.3, 0.4) is 0 Å². The highest BCUT2D eigenvalue weighted by Crippen LogP contribution is 2.10. The molecule has 1 aromatic rings. The molecular weight excluding hydrogens is 302 g/mol. The minimum Gasteiger partial charge on any atom is -0.550 e. The summed E-state index contributed by atoms with van der Waals surface area (Å²) in [5, 5.41) is 12.9. The first kappa shape index (κ1) is 18.1. The molecule has 0 unspecified atom stereocenters. The van der Waals surface area contributed by atoms with Gasteiger partial charge in [0, 0.05) is 30.1 Å². The van der Waals surface area contributed by atoms with Crippen molar-refractivity contribution in [1.29, 1.82) is 0 Å². The van der Waals surface area contributed by atoms with Gasteiger partial charge in [-0.1, -0.05) is 6.92 Å². The number of aliphatic carboxylic acids is 1. The van der Waals surface area contributed by atoms with Crippen LogP contribution in [0.25, 0.3) is 0 Å². The Balaban J connectivity index is 2.46. The summed E-state index contributed by atoms with van der Waals surface area (Å²) in [4.78, 5) is 44.7. The average Bonchev–Trinajstić information content (AvgIpc) is 2.51. The molecule has 0 aromatic heterocycles. The lowest BCUT2D eigenvalue weighted by Gasteiger charge is -2.09. The first-order valence-electron chi connectivity index (χ1n) is 7.11. The van der Waals surface area contributed by atoms with E-state index in [1.54, 1.807) is 12.1 Å². The highest BCUT2D eigenvalue weighted by molar-refractivity contribution is 5.96. The summed E-state index contributed by atoms with van der Waals surface area (Å²) in [6.45, 7) is 1.90. The summed E-state index contributed by atoms with van der Waals surface area (Å²) in [5.74, 6) is -2.64. The first-order valence-corrected chi connectivity index (χ1v) is 7.11. The number of amides is 3. The maximum atomic E-state index is 11.8. The molecule has 0 radical (unpaired) electrons. The summed E-state index contributed by atoms with van der Waals surface area (Å²) in [6, 6.07) is 6.12. The van der Waals surface area contributed by atoms with Gasteiger partial charge < -0.3 is 15.2 Å². The Labute approximate surface area is 133 Å². The van der Waals surface area contributed by atoms with Crippen molar-refractivity contribution < 1.29 is 24.3 Å². The van der Waals surface area contributed by atoms with Crippen LogP contribution < -0.4 is 21.3 Å². The van der Waals surface area contributed by atoms with Crippen LogP contribution in [0.15, 0.2) is 24.3 Å². The zero-order valence-electron chi connectivity index (χ0n) is 12.7. The van der Waals surface area contributed by atoms with E-state index in [9.17, 15) is 24.3 Å². The smallest absolute Gasteiger partial charge is 0.269 e. The second kappa shape index (κ2) is 9.19. The average molecular weight is 320 g/mol. The molecule has 0 spiro atoms. The Morgan fingerprint density at radius 1 is 0.913 bits per heavy atom. The third kappa shape index (κ3) is 7.07. The van der Waals surface area contributed by atoms with E-state index in [1.807, 2.05) is 6.92 Å². The van der Waals surface area contributed by atoms with Crippen molar-refractivity contribution in [2.45, 2.75) is 32.6 Å². The predicted octanol–water partition coefficient (Wildman–Crippen LogP) is -0.284. The Morgan fingerprint density at radius 2 is 1.57 bits per heavy atom. The van der Waals surface area contributed by atoms with E-state index in [4.69, 9.17) is 0 Å². The van der Waals surface area contributed by atoms with E-state index in [1.165, 1.54) is 12.1 Å². The second-order valence-electron chi connectivity index (χ2n) is 4.75. The van der Waals surface area contributed by atoms with Crippen molar-refractivity contribution in [2.75, 3.05) is 5.32 Å². The number of carboxylic acids is 1. The maximum Gasteiger partial charge on any atom is 0.269 e. The number of hydrazine groups is 1. The molecule has 1 rings (SSSR count). The molecule has 0 heterocycles. The maximum absolute atomic E-state index is 11.8. The summed E-state index contributed by atoms with van der Waals surface area (Å²) >= 11 is 0. The molecule has 0 saturated heterocycles. The summed E-state index contributed by atoms with van der Waals surface area (Å²) in [6.07, 6.45) is 0.447. The molecule has 8 nitrogen and oxygen atoms in total.